The van der Waals surface area contributed by atoms with E-state index < -0.39 is 37.6 Å². The minimum absolute atomic E-state index is 0.00104. The Balaban J connectivity index is 0.000000587. The van der Waals surface area contributed by atoms with Crippen LogP contribution < -0.4 is 10.6 Å². The molecule has 1 aliphatic rings. The molecule has 3 heterocycles. The van der Waals surface area contributed by atoms with Crippen molar-refractivity contribution in [3.05, 3.63) is 58.9 Å². The molecule has 3 aromatic rings. The Morgan fingerprint density at radius 2 is 1.80 bits per heavy atom. The smallest absolute Gasteiger partial charge is 0.328 e. The van der Waals surface area contributed by atoms with Gasteiger partial charge < -0.3 is 30.4 Å². The molecule has 1 saturated heterocycles. The summed E-state index contributed by atoms with van der Waals surface area (Å²) in [7, 11) is -4.59. The number of rotatable bonds is 10. The number of hydrogen-bond acceptors (Lipinski definition) is 8. The number of nitrogens with zero attached hydrogens (tertiary/aromatic N) is 3. The number of unbranched alkanes of at least 4 members (excludes halogenated alkanes) is 1. The molecule has 4 rings (SSSR count). The van der Waals surface area contributed by atoms with E-state index >= 15 is 0 Å². The average molecular weight is 604 g/mol. The first-order valence-electron chi connectivity index (χ1n) is 13.1. The molecule has 0 radical (unpaired) electrons. The molecule has 5 N–H and O–H groups in total. The van der Waals surface area contributed by atoms with E-state index in [-0.39, 0.29) is 5.69 Å². The molecule has 0 aliphatic carbocycles. The van der Waals surface area contributed by atoms with E-state index in [1.807, 2.05) is 54.1 Å². The number of benzene rings is 1. The molecule has 2 amide bonds. The van der Waals surface area contributed by atoms with E-state index in [4.69, 9.17) is 5.11 Å². The molecular weight excluding hydrogens is 569 g/mol. The average Bonchev–Trinajstić information content (AvgIpc) is 3.51. The van der Waals surface area contributed by atoms with Gasteiger partial charge in [-0.15, -0.1) is 0 Å². The number of carboxylic acids is 1. The van der Waals surface area contributed by atoms with Crippen LogP contribution in [0.4, 0.5) is 0 Å². The predicted molar refractivity (Wildman–Crippen MR) is 156 cm³/mol. The number of nitrogens with one attached hydrogen (secondary N) is 2. The maximum absolute atomic E-state index is 13.2. The summed E-state index contributed by atoms with van der Waals surface area (Å²) in [4.78, 5) is 65.5. The number of piperazine rings is 1. The minimum atomic E-state index is -4.59. The number of carbonyl (C=O) groups excluding carboxylic acids is 2. The van der Waals surface area contributed by atoms with Crippen LogP contribution in [0.3, 0.4) is 0 Å². The number of aromatic nitrogens is 2. The zero-order chi connectivity index (χ0) is 29.8. The number of carboxylic acid groups (broad SMARTS) is 1. The summed E-state index contributed by atoms with van der Waals surface area (Å²) in [5, 5.41) is 17.4. The Morgan fingerprint density at radius 3 is 2.37 bits per heavy atom. The third kappa shape index (κ3) is 10.5. The molecule has 1 fully saturated rings. The summed E-state index contributed by atoms with van der Waals surface area (Å²) in [6.07, 6.45) is 1.29. The van der Waals surface area contributed by atoms with Crippen LogP contribution in [0.1, 0.15) is 36.7 Å². The lowest BCUT2D eigenvalue weighted by Gasteiger charge is -2.31. The summed E-state index contributed by atoms with van der Waals surface area (Å²) in [5.41, 5.74) is 2.04. The van der Waals surface area contributed by atoms with E-state index in [1.165, 1.54) is 22.3 Å². The maximum Gasteiger partial charge on any atom is 0.328 e. The van der Waals surface area contributed by atoms with Gasteiger partial charge in [0.15, 0.2) is 5.82 Å². The fourth-order valence-corrected chi connectivity index (χ4v) is 5.30. The van der Waals surface area contributed by atoms with Crippen molar-refractivity contribution in [3.8, 4) is 22.6 Å². The van der Waals surface area contributed by atoms with Crippen molar-refractivity contribution in [1.82, 2.24) is 25.5 Å². The monoisotopic (exact) mass is 603 g/mol. The van der Waals surface area contributed by atoms with Gasteiger partial charge in [-0.1, -0.05) is 43.7 Å². The molecular formula is C27H34N5O7PS. The largest absolute Gasteiger partial charge is 0.481 e. The molecule has 0 saturated carbocycles. The van der Waals surface area contributed by atoms with Gasteiger partial charge in [-0.3, -0.25) is 18.9 Å². The summed E-state index contributed by atoms with van der Waals surface area (Å²) in [5.74, 6) is -1.61. The Morgan fingerprint density at radius 1 is 1.10 bits per heavy atom. The maximum atomic E-state index is 13.2. The van der Waals surface area contributed by atoms with Gasteiger partial charge in [-0.25, -0.2) is 9.97 Å². The molecule has 12 nitrogen and oxygen atoms in total. The Hall–Kier alpha value is -3.48. The third-order valence-electron chi connectivity index (χ3n) is 6.00. The van der Waals surface area contributed by atoms with Crippen LogP contribution in [0.25, 0.3) is 22.6 Å². The van der Waals surface area contributed by atoms with Crippen LogP contribution in [0.15, 0.2) is 53.2 Å². The highest BCUT2D eigenvalue weighted by molar-refractivity contribution is 7.51. The number of hydrogen-bond donors (Lipinski definition) is 5. The van der Waals surface area contributed by atoms with Crippen LogP contribution in [0.2, 0.25) is 0 Å². The number of carbonyl (C=O) groups is 3. The van der Waals surface area contributed by atoms with Gasteiger partial charge in [-0.05, 0) is 23.9 Å². The standard InChI is InChI=1S/C22H24N5O5PS.C5H10O2/c28-21(26-19(13-33(30,31)32)22(29)27-9-7-23-8-10-27)18-12-17(16-6-11-34-14-16)24-20(25-18)15-4-2-1-3-5-15;1-2-3-4-5(6)7/h1-6,11-12,14,19,23H,7-10,13H2,(H,26,28)(H2,30,31,32);2-4H2,1H3,(H,6,7). The SMILES string of the molecule is CCCCC(=O)O.O=C(NC(CP(=O)(O)O)C(=O)N1CCNCC1)c1cc(-c2ccsc2)nc(-c2ccccc2)n1. The quantitative estimate of drug-likeness (QED) is 0.216. The first-order chi connectivity index (χ1) is 19.6. The summed E-state index contributed by atoms with van der Waals surface area (Å²) in [6.45, 7) is 3.89. The first kappa shape index (κ1) is 32.0. The highest BCUT2D eigenvalue weighted by Gasteiger charge is 2.33. The van der Waals surface area contributed by atoms with Crippen LogP contribution in [-0.4, -0.2) is 85.9 Å². The molecule has 14 heteroatoms. The molecule has 1 unspecified atom stereocenters. The first-order valence-corrected chi connectivity index (χ1v) is 15.8. The second-order valence-corrected chi connectivity index (χ2v) is 11.8. The normalized spacial score (nSPS) is 14.0. The zero-order valence-corrected chi connectivity index (χ0v) is 24.3. The van der Waals surface area contributed by atoms with E-state index in [9.17, 15) is 28.7 Å². The van der Waals surface area contributed by atoms with Crippen LogP contribution in [0.5, 0.6) is 0 Å². The van der Waals surface area contributed by atoms with Gasteiger partial charge in [0.1, 0.15) is 11.7 Å². The molecule has 220 valence electrons. The van der Waals surface area contributed by atoms with Crippen LogP contribution in [0, 0.1) is 0 Å². The van der Waals surface area contributed by atoms with Crippen molar-refractivity contribution >= 4 is 36.7 Å². The van der Waals surface area contributed by atoms with Crippen LogP contribution >= 0.6 is 18.9 Å². The van der Waals surface area contributed by atoms with E-state index in [2.05, 4.69) is 20.6 Å². The third-order valence-corrected chi connectivity index (χ3v) is 7.53. The Bertz CT molecular complexity index is 1350. The summed E-state index contributed by atoms with van der Waals surface area (Å²) in [6, 6.07) is 11.1. The minimum Gasteiger partial charge on any atom is -0.481 e. The fourth-order valence-electron chi connectivity index (χ4n) is 3.93. The lowest BCUT2D eigenvalue weighted by molar-refractivity contribution is -0.137. The van der Waals surface area contributed by atoms with Gasteiger partial charge in [0, 0.05) is 49.1 Å². The second-order valence-electron chi connectivity index (χ2n) is 9.29. The molecule has 0 bridgehead atoms. The predicted octanol–water partition coefficient (Wildman–Crippen LogP) is 2.84. The van der Waals surface area contributed by atoms with Gasteiger partial charge in [0.05, 0.1) is 11.9 Å². The number of aliphatic carboxylic acids is 1. The summed E-state index contributed by atoms with van der Waals surface area (Å²) < 4.78 is 11.7. The molecule has 1 aliphatic heterocycles. The number of thiophene rings is 1. The van der Waals surface area contributed by atoms with Gasteiger partial charge in [0.25, 0.3) is 5.91 Å². The van der Waals surface area contributed by atoms with E-state index in [0.29, 0.717) is 49.7 Å². The van der Waals surface area contributed by atoms with Gasteiger partial charge in [-0.2, -0.15) is 11.3 Å². The second kappa shape index (κ2) is 15.5. The number of amides is 2. The van der Waals surface area contributed by atoms with Crippen molar-refractivity contribution in [2.75, 3.05) is 32.3 Å². The Kier molecular flexibility index (Phi) is 12.1. The van der Waals surface area contributed by atoms with Crippen molar-refractivity contribution in [2.24, 2.45) is 0 Å². The fraction of sp³-hybridized carbons (Fsp3) is 0.370. The molecule has 1 aromatic carbocycles. The highest BCUT2D eigenvalue weighted by Crippen LogP contribution is 2.35. The van der Waals surface area contributed by atoms with Crippen molar-refractivity contribution in [3.63, 3.8) is 0 Å². The molecule has 41 heavy (non-hydrogen) atoms. The summed E-state index contributed by atoms with van der Waals surface area (Å²) >= 11 is 1.48. The van der Waals surface area contributed by atoms with Crippen molar-refractivity contribution in [1.29, 1.82) is 0 Å². The zero-order valence-electron chi connectivity index (χ0n) is 22.6. The molecule has 2 aromatic heterocycles. The lowest BCUT2D eigenvalue weighted by Crippen LogP contribution is -2.55. The van der Waals surface area contributed by atoms with Gasteiger partial charge >= 0.3 is 13.6 Å². The lowest BCUT2D eigenvalue weighted by atomic mass is 10.1. The van der Waals surface area contributed by atoms with Crippen LogP contribution in [-0.2, 0) is 14.2 Å². The van der Waals surface area contributed by atoms with E-state index in [1.54, 1.807) is 0 Å². The van der Waals surface area contributed by atoms with Crippen molar-refractivity contribution in [2.45, 2.75) is 32.2 Å². The van der Waals surface area contributed by atoms with Crippen molar-refractivity contribution < 1.29 is 33.8 Å². The topological polar surface area (TPSA) is 182 Å². The highest BCUT2D eigenvalue weighted by atomic mass is 32.1. The van der Waals surface area contributed by atoms with Gasteiger partial charge in [0.2, 0.25) is 5.91 Å². The Labute approximate surface area is 242 Å². The molecule has 1 atom stereocenters. The molecule has 0 spiro atoms. The van der Waals surface area contributed by atoms with E-state index in [0.717, 1.165) is 18.4 Å².